The lowest BCUT2D eigenvalue weighted by molar-refractivity contribution is 0.102. The lowest BCUT2D eigenvalue weighted by atomic mass is 10.3. The third-order valence-electron chi connectivity index (χ3n) is 1.94. The van der Waals surface area contributed by atoms with Gasteiger partial charge >= 0.3 is 0 Å². The number of aromatic nitrogens is 3. The van der Waals surface area contributed by atoms with Gasteiger partial charge in [0, 0.05) is 18.6 Å². The van der Waals surface area contributed by atoms with Crippen molar-refractivity contribution in [3.8, 4) is 0 Å². The Kier molecular flexibility index (Phi) is 3.21. The molecule has 16 heavy (non-hydrogen) atoms. The van der Waals surface area contributed by atoms with Crippen LogP contribution in [0.4, 0.5) is 5.95 Å². The molecule has 0 atom stereocenters. The van der Waals surface area contributed by atoms with Crippen molar-refractivity contribution in [2.45, 2.75) is 5.03 Å². The number of thioether (sulfide) groups is 1. The van der Waals surface area contributed by atoms with Crippen LogP contribution >= 0.6 is 11.8 Å². The lowest BCUT2D eigenvalue weighted by Gasteiger charge is -2.05. The van der Waals surface area contributed by atoms with Gasteiger partial charge in [-0.05, 0) is 18.4 Å². The van der Waals surface area contributed by atoms with Crippen LogP contribution in [0.3, 0.4) is 0 Å². The number of hydrogen-bond acceptors (Lipinski definition) is 4. The summed E-state index contributed by atoms with van der Waals surface area (Å²) >= 11 is 1.43. The van der Waals surface area contributed by atoms with Crippen LogP contribution in [-0.2, 0) is 0 Å². The van der Waals surface area contributed by atoms with Gasteiger partial charge in [0.1, 0.15) is 5.03 Å². The van der Waals surface area contributed by atoms with Gasteiger partial charge in [-0.15, -0.1) is 11.8 Å². The van der Waals surface area contributed by atoms with Crippen molar-refractivity contribution in [3.05, 3.63) is 36.3 Å². The Morgan fingerprint density at radius 2 is 2.31 bits per heavy atom. The summed E-state index contributed by atoms with van der Waals surface area (Å²) in [4.78, 5) is 22.7. The van der Waals surface area contributed by atoms with E-state index in [-0.39, 0.29) is 5.91 Å². The van der Waals surface area contributed by atoms with Crippen LogP contribution in [0.2, 0.25) is 0 Å². The van der Waals surface area contributed by atoms with Crippen molar-refractivity contribution >= 4 is 23.6 Å². The number of carbonyl (C=O) groups excluding carboxylic acids is 1. The molecular weight excluding hydrogens is 224 g/mol. The molecule has 2 aromatic rings. The molecular formula is C10H10N4OS. The molecule has 0 bridgehead atoms. The third-order valence-corrected chi connectivity index (χ3v) is 2.65. The summed E-state index contributed by atoms with van der Waals surface area (Å²) in [6.07, 6.45) is 6.77. The smallest absolute Gasteiger partial charge is 0.260 e. The van der Waals surface area contributed by atoms with E-state index < -0.39 is 0 Å². The standard InChI is InChI=1S/C10H10N4OS/c1-16-9-7(3-2-4-11-9)8(15)14-10-12-5-6-13-10/h2-6H,1H3,(H2,12,13,14,15). The molecule has 0 spiro atoms. The number of imidazole rings is 1. The van der Waals surface area contributed by atoms with Crippen molar-refractivity contribution in [2.24, 2.45) is 0 Å². The van der Waals surface area contributed by atoms with Crippen LogP contribution in [0.5, 0.6) is 0 Å². The summed E-state index contributed by atoms with van der Waals surface area (Å²) in [5, 5.41) is 3.35. The second-order valence-corrected chi connectivity index (χ2v) is 3.75. The highest BCUT2D eigenvalue weighted by atomic mass is 32.2. The number of amides is 1. The van der Waals surface area contributed by atoms with E-state index in [0.717, 1.165) is 0 Å². The summed E-state index contributed by atoms with van der Waals surface area (Å²) < 4.78 is 0. The van der Waals surface area contributed by atoms with Crippen molar-refractivity contribution in [1.82, 2.24) is 15.0 Å². The number of pyridine rings is 1. The minimum Gasteiger partial charge on any atom is -0.331 e. The maximum Gasteiger partial charge on any atom is 0.260 e. The van der Waals surface area contributed by atoms with Crippen LogP contribution in [0, 0.1) is 0 Å². The molecule has 0 unspecified atom stereocenters. The van der Waals surface area contributed by atoms with E-state index in [4.69, 9.17) is 0 Å². The van der Waals surface area contributed by atoms with Gasteiger partial charge in [-0.2, -0.15) is 0 Å². The molecule has 2 heterocycles. The van der Waals surface area contributed by atoms with E-state index in [2.05, 4.69) is 20.3 Å². The molecule has 2 rings (SSSR count). The van der Waals surface area contributed by atoms with Crippen LogP contribution in [0.15, 0.2) is 35.7 Å². The number of anilines is 1. The van der Waals surface area contributed by atoms with Crippen LogP contribution in [0.1, 0.15) is 10.4 Å². The number of H-pyrrole nitrogens is 1. The number of hydrogen-bond donors (Lipinski definition) is 2. The van der Waals surface area contributed by atoms with Gasteiger partial charge in [-0.25, -0.2) is 9.97 Å². The summed E-state index contributed by atoms with van der Waals surface area (Å²) in [6, 6.07) is 3.47. The van der Waals surface area contributed by atoms with Gasteiger partial charge in [0.25, 0.3) is 5.91 Å². The molecule has 0 aliphatic heterocycles. The van der Waals surface area contributed by atoms with E-state index in [1.807, 2.05) is 6.26 Å². The van der Waals surface area contributed by atoms with Crippen molar-refractivity contribution < 1.29 is 4.79 Å². The maximum atomic E-state index is 11.9. The minimum atomic E-state index is -0.215. The van der Waals surface area contributed by atoms with Crippen molar-refractivity contribution in [2.75, 3.05) is 11.6 Å². The maximum absolute atomic E-state index is 11.9. The number of rotatable bonds is 3. The zero-order valence-electron chi connectivity index (χ0n) is 8.60. The molecule has 5 nitrogen and oxygen atoms in total. The summed E-state index contributed by atoms with van der Waals surface area (Å²) in [5.41, 5.74) is 0.548. The zero-order valence-corrected chi connectivity index (χ0v) is 9.41. The first kappa shape index (κ1) is 10.7. The third kappa shape index (κ3) is 2.22. The first-order valence-electron chi connectivity index (χ1n) is 4.61. The number of aromatic amines is 1. The topological polar surface area (TPSA) is 70.7 Å². The molecule has 0 fully saturated rings. The minimum absolute atomic E-state index is 0.215. The van der Waals surface area contributed by atoms with Gasteiger partial charge in [0.05, 0.1) is 5.56 Å². The first-order valence-corrected chi connectivity index (χ1v) is 5.83. The van der Waals surface area contributed by atoms with Gasteiger partial charge in [-0.3, -0.25) is 10.1 Å². The molecule has 82 valence electrons. The Morgan fingerprint density at radius 1 is 1.44 bits per heavy atom. The number of carbonyl (C=O) groups is 1. The van der Waals surface area contributed by atoms with Crippen molar-refractivity contribution in [3.63, 3.8) is 0 Å². The predicted molar refractivity (Wildman–Crippen MR) is 62.6 cm³/mol. The molecule has 0 radical (unpaired) electrons. The molecule has 0 aliphatic rings. The van der Waals surface area contributed by atoms with E-state index >= 15 is 0 Å². The van der Waals surface area contributed by atoms with Gasteiger partial charge < -0.3 is 4.98 Å². The lowest BCUT2D eigenvalue weighted by Crippen LogP contribution is -2.14. The normalized spacial score (nSPS) is 10.1. The second-order valence-electron chi connectivity index (χ2n) is 2.95. The highest BCUT2D eigenvalue weighted by molar-refractivity contribution is 7.98. The molecule has 1 amide bonds. The monoisotopic (exact) mass is 234 g/mol. The van der Waals surface area contributed by atoms with Crippen LogP contribution in [0.25, 0.3) is 0 Å². The van der Waals surface area contributed by atoms with E-state index in [0.29, 0.717) is 16.5 Å². The largest absolute Gasteiger partial charge is 0.331 e. The van der Waals surface area contributed by atoms with Gasteiger partial charge in [0.2, 0.25) is 5.95 Å². The Hall–Kier alpha value is -1.82. The molecule has 2 aromatic heterocycles. The van der Waals surface area contributed by atoms with Crippen molar-refractivity contribution in [1.29, 1.82) is 0 Å². The number of nitrogens with one attached hydrogen (secondary N) is 2. The highest BCUT2D eigenvalue weighted by Crippen LogP contribution is 2.17. The molecule has 0 saturated heterocycles. The molecule has 6 heteroatoms. The van der Waals surface area contributed by atoms with E-state index in [9.17, 15) is 4.79 Å². The first-order chi connectivity index (χ1) is 7.81. The van der Waals surface area contributed by atoms with Crippen LogP contribution < -0.4 is 5.32 Å². The molecule has 2 N–H and O–H groups in total. The highest BCUT2D eigenvalue weighted by Gasteiger charge is 2.12. The molecule has 0 aromatic carbocycles. The quantitative estimate of drug-likeness (QED) is 0.794. The second kappa shape index (κ2) is 4.80. The van der Waals surface area contributed by atoms with E-state index in [1.165, 1.54) is 11.8 Å². The fourth-order valence-corrected chi connectivity index (χ4v) is 1.78. The summed E-state index contributed by atoms with van der Waals surface area (Å²) in [5.74, 6) is 0.216. The van der Waals surface area contributed by atoms with Crippen LogP contribution in [-0.4, -0.2) is 27.1 Å². The summed E-state index contributed by atoms with van der Waals surface area (Å²) in [7, 11) is 0. The Bertz CT molecular complexity index is 483. The Labute approximate surface area is 96.7 Å². The average molecular weight is 234 g/mol. The SMILES string of the molecule is CSc1ncccc1C(=O)Nc1ncc[nH]1. The molecule has 0 saturated carbocycles. The average Bonchev–Trinajstić information content (AvgIpc) is 2.81. The number of nitrogens with zero attached hydrogens (tertiary/aromatic N) is 2. The van der Waals surface area contributed by atoms with Gasteiger partial charge in [0.15, 0.2) is 0 Å². The Balaban J connectivity index is 2.21. The van der Waals surface area contributed by atoms with E-state index in [1.54, 1.807) is 30.7 Å². The predicted octanol–water partition coefficient (Wildman–Crippen LogP) is 1.78. The molecule has 0 aliphatic carbocycles. The van der Waals surface area contributed by atoms with Gasteiger partial charge in [-0.1, -0.05) is 0 Å². The fraction of sp³-hybridized carbons (Fsp3) is 0.100. The zero-order chi connectivity index (χ0) is 11.4. The fourth-order valence-electron chi connectivity index (χ4n) is 1.23. The Morgan fingerprint density at radius 3 is 3.00 bits per heavy atom. The summed E-state index contributed by atoms with van der Waals surface area (Å²) in [6.45, 7) is 0.